The topological polar surface area (TPSA) is 196 Å². The molecule has 0 fully saturated rings. The van der Waals surface area contributed by atoms with Crippen LogP contribution in [0.2, 0.25) is 0 Å². The summed E-state index contributed by atoms with van der Waals surface area (Å²) in [5.41, 5.74) is 5.32. The summed E-state index contributed by atoms with van der Waals surface area (Å²) in [6.07, 6.45) is -1.52. The molecule has 7 N–H and O–H groups in total. The smallest absolute Gasteiger partial charge is 0.326 e. The zero-order valence-corrected chi connectivity index (χ0v) is 12.7. The second-order valence-corrected chi connectivity index (χ2v) is 4.81. The summed E-state index contributed by atoms with van der Waals surface area (Å²) >= 11 is 3.82. The Hall–Kier alpha value is -2.34. The van der Waals surface area contributed by atoms with Crippen LogP contribution in [0.5, 0.6) is 0 Å². The Kier molecular flexibility index (Phi) is 8.65. The number of carbonyl (C=O) groups is 5. The molecule has 0 aromatic rings. The van der Waals surface area contributed by atoms with Gasteiger partial charge in [-0.2, -0.15) is 12.6 Å². The Morgan fingerprint density at radius 3 is 1.74 bits per heavy atom. The van der Waals surface area contributed by atoms with Gasteiger partial charge in [-0.05, 0) is 0 Å². The van der Waals surface area contributed by atoms with E-state index in [9.17, 15) is 24.0 Å². The Bertz CT molecular complexity index is 498. The lowest BCUT2D eigenvalue weighted by molar-refractivity contribution is -0.147. The molecule has 0 saturated carbocycles. The number of nitrogens with one attached hydrogen (secondary N) is 2. The third kappa shape index (κ3) is 8.01. The maximum Gasteiger partial charge on any atom is 0.326 e. The minimum atomic E-state index is -1.69. The molecule has 0 radical (unpaired) electrons. The van der Waals surface area contributed by atoms with Gasteiger partial charge >= 0.3 is 17.9 Å². The third-order valence-electron chi connectivity index (χ3n) is 2.54. The van der Waals surface area contributed by atoms with E-state index in [1.54, 1.807) is 0 Å². The number of aliphatic carboxylic acids is 3. The lowest BCUT2D eigenvalue weighted by Crippen LogP contribution is -2.55. The first-order valence-corrected chi connectivity index (χ1v) is 6.85. The molecule has 0 rings (SSSR count). The van der Waals surface area contributed by atoms with Gasteiger partial charge in [-0.3, -0.25) is 19.2 Å². The van der Waals surface area contributed by atoms with Crippen LogP contribution >= 0.6 is 12.6 Å². The quantitative estimate of drug-likeness (QED) is 0.204. The lowest BCUT2D eigenvalue weighted by Gasteiger charge is -2.20. The van der Waals surface area contributed by atoms with E-state index in [1.807, 2.05) is 5.32 Å². The van der Waals surface area contributed by atoms with Crippen molar-refractivity contribution >= 4 is 42.4 Å². The van der Waals surface area contributed by atoms with Gasteiger partial charge in [0.2, 0.25) is 11.8 Å². The maximum atomic E-state index is 11.9. The number of carboxylic acid groups (broad SMARTS) is 3. The highest BCUT2D eigenvalue weighted by Crippen LogP contribution is 1.98. The first-order chi connectivity index (χ1) is 10.6. The van der Waals surface area contributed by atoms with Crippen molar-refractivity contribution in [3.8, 4) is 0 Å². The Morgan fingerprint density at radius 2 is 1.35 bits per heavy atom. The fraction of sp³-hybridized carbons (Fsp3) is 0.545. The molecule has 0 aromatic carbocycles. The van der Waals surface area contributed by atoms with Crippen LogP contribution in [0.15, 0.2) is 0 Å². The van der Waals surface area contributed by atoms with E-state index >= 15 is 0 Å². The summed E-state index contributed by atoms with van der Waals surface area (Å²) in [5.74, 6) is -6.47. The predicted molar refractivity (Wildman–Crippen MR) is 77.8 cm³/mol. The number of nitrogens with two attached hydrogens (primary N) is 1. The van der Waals surface area contributed by atoms with Crippen molar-refractivity contribution in [1.82, 2.24) is 10.6 Å². The fourth-order valence-corrected chi connectivity index (χ4v) is 1.66. The Labute approximate surface area is 135 Å². The number of carbonyl (C=O) groups excluding carboxylic acids is 2. The lowest BCUT2D eigenvalue weighted by atomic mass is 10.1. The fourth-order valence-electron chi connectivity index (χ4n) is 1.40. The van der Waals surface area contributed by atoms with Crippen molar-refractivity contribution < 1.29 is 39.3 Å². The van der Waals surface area contributed by atoms with Crippen LogP contribution in [0.4, 0.5) is 0 Å². The maximum absolute atomic E-state index is 11.9. The molecular weight excluding hydrogens is 334 g/mol. The molecule has 0 aliphatic rings. The minimum Gasteiger partial charge on any atom is -0.481 e. The van der Waals surface area contributed by atoms with Gasteiger partial charge in [-0.25, -0.2) is 4.79 Å². The standard InChI is InChI=1S/C11H17N3O8S/c12-4(1-7(15)16)9(19)14-6(3-23)10(20)13-5(11(21)22)2-8(17)18/h4-6,23H,1-3,12H2,(H,13,20)(H,14,19)(H,15,16)(H,17,18)(H,21,22)/t4-,5-,6-/m0/s1. The van der Waals surface area contributed by atoms with Gasteiger partial charge in [-0.15, -0.1) is 0 Å². The molecule has 0 aliphatic heterocycles. The number of hydrogen-bond acceptors (Lipinski definition) is 7. The minimum absolute atomic E-state index is 0.239. The van der Waals surface area contributed by atoms with Crippen LogP contribution in [0.1, 0.15) is 12.8 Å². The summed E-state index contributed by atoms with van der Waals surface area (Å²) in [6, 6.07) is -4.40. The molecule has 3 atom stereocenters. The average molecular weight is 351 g/mol. The third-order valence-corrected chi connectivity index (χ3v) is 2.91. The van der Waals surface area contributed by atoms with E-state index in [2.05, 4.69) is 17.9 Å². The van der Waals surface area contributed by atoms with Crippen LogP contribution in [0.25, 0.3) is 0 Å². The van der Waals surface area contributed by atoms with Gasteiger partial charge in [0.25, 0.3) is 0 Å². The first-order valence-electron chi connectivity index (χ1n) is 6.22. The van der Waals surface area contributed by atoms with Crippen molar-refractivity contribution in [3.05, 3.63) is 0 Å². The Morgan fingerprint density at radius 1 is 0.870 bits per heavy atom. The Balaban J connectivity index is 4.78. The highest BCUT2D eigenvalue weighted by Gasteiger charge is 2.28. The number of rotatable bonds is 10. The summed E-state index contributed by atoms with van der Waals surface area (Å²) in [7, 11) is 0. The van der Waals surface area contributed by atoms with Crippen LogP contribution < -0.4 is 16.4 Å². The van der Waals surface area contributed by atoms with Crippen molar-refractivity contribution in [2.45, 2.75) is 31.0 Å². The first kappa shape index (κ1) is 20.7. The molecule has 130 valence electrons. The zero-order chi connectivity index (χ0) is 18.2. The molecule has 0 saturated heterocycles. The molecule has 0 aliphatic carbocycles. The van der Waals surface area contributed by atoms with E-state index in [0.717, 1.165) is 0 Å². The monoisotopic (exact) mass is 351 g/mol. The van der Waals surface area contributed by atoms with E-state index in [4.69, 9.17) is 21.1 Å². The zero-order valence-electron chi connectivity index (χ0n) is 11.8. The molecule has 2 amide bonds. The number of hydrogen-bond donors (Lipinski definition) is 7. The molecule has 23 heavy (non-hydrogen) atoms. The highest BCUT2D eigenvalue weighted by molar-refractivity contribution is 7.80. The van der Waals surface area contributed by atoms with Crippen molar-refractivity contribution in [2.75, 3.05) is 5.75 Å². The van der Waals surface area contributed by atoms with Crippen LogP contribution in [0, 0.1) is 0 Å². The molecule has 0 spiro atoms. The largest absolute Gasteiger partial charge is 0.481 e. The van der Waals surface area contributed by atoms with E-state index in [-0.39, 0.29) is 5.75 Å². The van der Waals surface area contributed by atoms with Crippen LogP contribution in [-0.2, 0) is 24.0 Å². The highest BCUT2D eigenvalue weighted by atomic mass is 32.1. The van der Waals surface area contributed by atoms with Crippen molar-refractivity contribution in [3.63, 3.8) is 0 Å². The summed E-state index contributed by atoms with van der Waals surface area (Å²) in [4.78, 5) is 55.3. The molecule has 12 heteroatoms. The van der Waals surface area contributed by atoms with Gasteiger partial charge < -0.3 is 31.7 Å². The molecule has 11 nitrogen and oxygen atoms in total. The molecule has 0 unspecified atom stereocenters. The average Bonchev–Trinajstić information content (AvgIpc) is 2.41. The summed E-state index contributed by atoms with van der Waals surface area (Å²) in [6.45, 7) is 0. The molecular formula is C11H17N3O8S. The van der Waals surface area contributed by atoms with Crippen molar-refractivity contribution in [1.29, 1.82) is 0 Å². The van der Waals surface area contributed by atoms with Gasteiger partial charge in [0, 0.05) is 5.75 Å². The second kappa shape index (κ2) is 9.63. The van der Waals surface area contributed by atoms with Crippen molar-refractivity contribution in [2.24, 2.45) is 5.73 Å². The number of carboxylic acids is 3. The van der Waals surface area contributed by atoms with Crippen LogP contribution in [-0.4, -0.2) is 68.9 Å². The summed E-state index contributed by atoms with van der Waals surface area (Å²) in [5, 5.41) is 30.0. The van der Waals surface area contributed by atoms with Gasteiger partial charge in [0.15, 0.2) is 0 Å². The molecule has 0 heterocycles. The number of amides is 2. The second-order valence-electron chi connectivity index (χ2n) is 4.45. The SMILES string of the molecule is N[C@@H](CC(=O)O)C(=O)N[C@@H](CS)C(=O)N[C@@H](CC(=O)O)C(=O)O. The van der Waals surface area contributed by atoms with E-state index in [1.165, 1.54) is 0 Å². The van der Waals surface area contributed by atoms with Gasteiger partial charge in [0.05, 0.1) is 18.9 Å². The predicted octanol–water partition coefficient (Wildman–Crippen LogP) is -2.75. The van der Waals surface area contributed by atoms with Gasteiger partial charge in [0.1, 0.15) is 12.1 Å². The molecule has 0 bridgehead atoms. The van der Waals surface area contributed by atoms with Gasteiger partial charge in [-0.1, -0.05) is 0 Å². The normalized spacial score (nSPS) is 14.2. The van der Waals surface area contributed by atoms with E-state index < -0.39 is 60.7 Å². The molecule has 0 aromatic heterocycles. The van der Waals surface area contributed by atoms with Crippen LogP contribution in [0.3, 0.4) is 0 Å². The summed E-state index contributed by atoms with van der Waals surface area (Å²) < 4.78 is 0. The number of thiol groups is 1. The van der Waals surface area contributed by atoms with E-state index in [0.29, 0.717) is 0 Å².